The van der Waals surface area contributed by atoms with E-state index in [1.54, 1.807) is 6.92 Å². The van der Waals surface area contributed by atoms with Crippen molar-refractivity contribution in [3.05, 3.63) is 41.5 Å². The fraction of sp³-hybridized carbons (Fsp3) is 0.500. The van der Waals surface area contributed by atoms with Gasteiger partial charge in [0.25, 0.3) is 0 Å². The Bertz CT molecular complexity index is 869. The standard InChI is InChI=1S/C22H24N2O3/c1-10-4-5-13(8-11(10)2)23-20(25)12(3)24-21(26)18-14-6-7-15(17-9-16(14)17)19(18)22(24)27/h4-8,12,14-19H,9H2,1-3H3,(H,23,25)/t12-,14-,15-,16-,17+,18-,19+/m0/s1. The van der Waals surface area contributed by atoms with Gasteiger partial charge in [0.15, 0.2) is 0 Å². The highest BCUT2D eigenvalue weighted by atomic mass is 16.2. The van der Waals surface area contributed by atoms with Crippen LogP contribution in [0.15, 0.2) is 30.4 Å². The van der Waals surface area contributed by atoms with E-state index in [2.05, 4.69) is 17.5 Å². The number of benzene rings is 1. The molecule has 2 bridgehead atoms. The van der Waals surface area contributed by atoms with Crippen LogP contribution in [0.1, 0.15) is 24.5 Å². The van der Waals surface area contributed by atoms with Gasteiger partial charge in [0.1, 0.15) is 6.04 Å². The monoisotopic (exact) mass is 364 g/mol. The Morgan fingerprint density at radius 2 is 1.63 bits per heavy atom. The second-order valence-corrected chi connectivity index (χ2v) is 8.67. The molecule has 0 aromatic heterocycles. The first-order valence-corrected chi connectivity index (χ1v) is 9.82. The van der Waals surface area contributed by atoms with Crippen molar-refractivity contribution in [3.8, 4) is 0 Å². The number of carbonyl (C=O) groups is 3. The zero-order chi connectivity index (χ0) is 19.0. The molecular weight excluding hydrogens is 340 g/mol. The molecule has 7 atom stereocenters. The van der Waals surface area contributed by atoms with Gasteiger partial charge in [-0.1, -0.05) is 18.2 Å². The summed E-state index contributed by atoms with van der Waals surface area (Å²) in [6.45, 7) is 5.65. The SMILES string of the molecule is Cc1ccc(NC(=O)[C@H](C)N2C(=O)[C@@H]3[C@H]4C=C[C@@H]([C@@H]5C[C@H]45)[C@@H]3C2=O)cc1C. The fourth-order valence-electron chi connectivity index (χ4n) is 5.54. The van der Waals surface area contributed by atoms with Gasteiger partial charge >= 0.3 is 0 Å². The van der Waals surface area contributed by atoms with Crippen molar-refractivity contribution in [2.24, 2.45) is 35.5 Å². The fourth-order valence-corrected chi connectivity index (χ4v) is 5.54. The smallest absolute Gasteiger partial charge is 0.247 e. The topological polar surface area (TPSA) is 66.5 Å². The number of carbonyl (C=O) groups excluding carboxylic acids is 3. The molecule has 140 valence electrons. The lowest BCUT2D eigenvalue weighted by atomic mass is 9.63. The second kappa shape index (κ2) is 5.54. The van der Waals surface area contributed by atoms with E-state index in [9.17, 15) is 14.4 Å². The predicted molar refractivity (Wildman–Crippen MR) is 101 cm³/mol. The molecule has 5 heteroatoms. The molecule has 1 N–H and O–H groups in total. The number of nitrogens with zero attached hydrogens (tertiary/aromatic N) is 1. The molecule has 2 saturated carbocycles. The number of hydrogen-bond donors (Lipinski definition) is 1. The predicted octanol–water partition coefficient (Wildman–Crippen LogP) is 2.68. The molecule has 1 saturated heterocycles. The number of hydrogen-bond acceptors (Lipinski definition) is 3. The molecule has 3 fully saturated rings. The van der Waals surface area contributed by atoms with Crippen LogP contribution in [0, 0.1) is 49.4 Å². The van der Waals surface area contributed by atoms with Crippen molar-refractivity contribution < 1.29 is 14.4 Å². The van der Waals surface area contributed by atoms with Gasteiger partial charge in [-0.15, -0.1) is 0 Å². The highest BCUT2D eigenvalue weighted by molar-refractivity contribution is 6.10. The van der Waals surface area contributed by atoms with Crippen LogP contribution in [0.2, 0.25) is 0 Å². The van der Waals surface area contributed by atoms with Gasteiger partial charge in [-0.3, -0.25) is 19.3 Å². The first-order valence-electron chi connectivity index (χ1n) is 9.82. The maximum Gasteiger partial charge on any atom is 0.247 e. The molecule has 3 amide bonds. The second-order valence-electron chi connectivity index (χ2n) is 8.67. The average Bonchev–Trinajstić information content (AvgIpc) is 3.42. The third-order valence-corrected chi connectivity index (χ3v) is 7.24. The van der Waals surface area contributed by atoms with E-state index in [0.29, 0.717) is 17.5 Å². The summed E-state index contributed by atoms with van der Waals surface area (Å²) in [6, 6.07) is 4.91. The number of amides is 3. The average molecular weight is 364 g/mol. The Hall–Kier alpha value is -2.43. The van der Waals surface area contributed by atoms with Crippen molar-refractivity contribution in [1.82, 2.24) is 4.90 Å². The van der Waals surface area contributed by atoms with Crippen LogP contribution in [0.3, 0.4) is 0 Å². The Morgan fingerprint density at radius 3 is 2.19 bits per heavy atom. The summed E-state index contributed by atoms with van der Waals surface area (Å²) in [6.07, 6.45) is 5.43. The van der Waals surface area contributed by atoms with Crippen LogP contribution in [0.25, 0.3) is 0 Å². The summed E-state index contributed by atoms with van der Waals surface area (Å²) in [5.74, 6) is 0.360. The molecule has 0 spiro atoms. The van der Waals surface area contributed by atoms with E-state index in [4.69, 9.17) is 0 Å². The van der Waals surface area contributed by atoms with Gasteiger partial charge in [0.05, 0.1) is 11.8 Å². The van der Waals surface area contributed by atoms with Crippen LogP contribution in [-0.2, 0) is 14.4 Å². The summed E-state index contributed by atoms with van der Waals surface area (Å²) < 4.78 is 0. The molecular formula is C22H24N2O3. The quantitative estimate of drug-likeness (QED) is 0.662. The van der Waals surface area contributed by atoms with Crippen molar-refractivity contribution in [2.75, 3.05) is 5.32 Å². The van der Waals surface area contributed by atoms with E-state index >= 15 is 0 Å². The first kappa shape index (κ1) is 16.7. The Kier molecular flexibility index (Phi) is 3.43. The zero-order valence-electron chi connectivity index (χ0n) is 15.8. The Morgan fingerprint density at radius 1 is 1.04 bits per heavy atom. The van der Waals surface area contributed by atoms with Gasteiger partial charge in [0.2, 0.25) is 17.7 Å². The number of nitrogens with one attached hydrogen (secondary N) is 1. The summed E-state index contributed by atoms with van der Waals surface area (Å²) >= 11 is 0. The number of allylic oxidation sites excluding steroid dienone is 2. The van der Waals surface area contributed by atoms with E-state index in [0.717, 1.165) is 17.5 Å². The lowest BCUT2D eigenvalue weighted by Crippen LogP contribution is -2.46. The molecule has 1 aromatic carbocycles. The van der Waals surface area contributed by atoms with Crippen LogP contribution in [0.5, 0.6) is 0 Å². The summed E-state index contributed by atoms with van der Waals surface area (Å²) in [7, 11) is 0. The van der Waals surface area contributed by atoms with Crippen molar-refractivity contribution in [1.29, 1.82) is 0 Å². The zero-order valence-corrected chi connectivity index (χ0v) is 15.8. The molecule has 0 unspecified atom stereocenters. The third kappa shape index (κ3) is 2.27. The molecule has 1 heterocycles. The minimum atomic E-state index is -0.798. The number of aryl methyl sites for hydroxylation is 2. The minimum Gasteiger partial charge on any atom is -0.324 e. The molecule has 27 heavy (non-hydrogen) atoms. The maximum atomic E-state index is 13.1. The van der Waals surface area contributed by atoms with Crippen LogP contribution < -0.4 is 5.32 Å². The van der Waals surface area contributed by atoms with Gasteiger partial charge in [0, 0.05) is 5.69 Å². The molecule has 5 nitrogen and oxygen atoms in total. The third-order valence-electron chi connectivity index (χ3n) is 7.24. The largest absolute Gasteiger partial charge is 0.324 e. The minimum absolute atomic E-state index is 0.155. The van der Waals surface area contributed by atoms with Gasteiger partial charge in [-0.25, -0.2) is 0 Å². The molecule has 1 aromatic rings. The van der Waals surface area contributed by atoms with Crippen LogP contribution in [0.4, 0.5) is 5.69 Å². The summed E-state index contributed by atoms with van der Waals surface area (Å²) in [5.41, 5.74) is 2.92. The van der Waals surface area contributed by atoms with Crippen molar-refractivity contribution in [2.45, 2.75) is 33.2 Å². The molecule has 5 aliphatic rings. The molecule has 0 radical (unpaired) electrons. The van der Waals surface area contributed by atoms with Crippen LogP contribution in [-0.4, -0.2) is 28.7 Å². The van der Waals surface area contributed by atoms with Gasteiger partial charge in [-0.2, -0.15) is 0 Å². The highest BCUT2D eigenvalue weighted by Gasteiger charge is 2.67. The summed E-state index contributed by atoms with van der Waals surface area (Å²) in [5, 5.41) is 2.86. The van der Waals surface area contributed by atoms with E-state index < -0.39 is 6.04 Å². The molecule has 6 rings (SSSR count). The molecule has 1 aliphatic heterocycles. The molecule has 4 aliphatic carbocycles. The van der Waals surface area contributed by atoms with Crippen molar-refractivity contribution >= 4 is 23.4 Å². The lowest BCUT2D eigenvalue weighted by molar-refractivity contribution is -0.146. The number of imide groups is 1. The number of anilines is 1. The van der Waals surface area contributed by atoms with E-state index in [-0.39, 0.29) is 41.4 Å². The van der Waals surface area contributed by atoms with E-state index in [1.165, 1.54) is 4.90 Å². The Balaban J connectivity index is 1.37. The normalized spacial score (nSPS) is 36.5. The highest BCUT2D eigenvalue weighted by Crippen LogP contribution is 2.65. The van der Waals surface area contributed by atoms with Crippen molar-refractivity contribution in [3.63, 3.8) is 0 Å². The van der Waals surface area contributed by atoms with Gasteiger partial charge < -0.3 is 5.32 Å². The van der Waals surface area contributed by atoms with Crippen LogP contribution >= 0.6 is 0 Å². The maximum absolute atomic E-state index is 13.1. The first-order chi connectivity index (χ1) is 12.9. The number of likely N-dealkylation sites (tertiary alicyclic amines) is 1. The van der Waals surface area contributed by atoms with E-state index in [1.807, 2.05) is 32.0 Å². The summed E-state index contributed by atoms with van der Waals surface area (Å²) in [4.78, 5) is 40.2. The number of rotatable bonds is 3. The lowest BCUT2D eigenvalue weighted by Gasteiger charge is -2.37. The van der Waals surface area contributed by atoms with Gasteiger partial charge in [-0.05, 0) is 74.1 Å². The Labute approximate surface area is 158 Å².